The van der Waals surface area contributed by atoms with E-state index >= 15 is 0 Å². The van der Waals surface area contributed by atoms with Gasteiger partial charge >= 0.3 is 0 Å². The number of rotatable bonds is 5. The number of aryl methyl sites for hydroxylation is 1. The maximum atomic E-state index is 4.15. The first-order valence-corrected chi connectivity index (χ1v) is 4.97. The van der Waals surface area contributed by atoms with Gasteiger partial charge in [0.15, 0.2) is 0 Å². The van der Waals surface area contributed by atoms with Gasteiger partial charge in [-0.3, -0.25) is 4.68 Å². The fourth-order valence-electron chi connectivity index (χ4n) is 1.42. The van der Waals surface area contributed by atoms with Gasteiger partial charge in [0.1, 0.15) is 0 Å². The summed E-state index contributed by atoms with van der Waals surface area (Å²) in [5.74, 6) is 0. The molecule has 0 saturated carbocycles. The first kappa shape index (κ1) is 11.2. The lowest BCUT2D eigenvalue weighted by Crippen LogP contribution is -2.29. The predicted octanol–water partition coefficient (Wildman–Crippen LogP) is 0.632. The summed E-state index contributed by atoms with van der Waals surface area (Å²) >= 11 is 0. The topological polar surface area (TPSA) is 33.1 Å². The number of aromatic nitrogens is 2. The zero-order valence-electron chi connectivity index (χ0n) is 9.49. The van der Waals surface area contributed by atoms with Gasteiger partial charge in [0.25, 0.3) is 0 Å². The molecule has 1 aromatic rings. The molecule has 0 aliphatic carbocycles. The van der Waals surface area contributed by atoms with E-state index in [1.807, 2.05) is 24.0 Å². The Morgan fingerprint density at radius 1 is 1.57 bits per heavy atom. The second kappa shape index (κ2) is 5.12. The standard InChI is InChI=1S/C10H20N4/c1-9(11-7-8-13(2)3)10-5-6-12-14(10)4/h5-6,9,11H,7-8H2,1-4H3. The zero-order chi connectivity index (χ0) is 10.6. The molecule has 0 aliphatic heterocycles. The van der Waals surface area contributed by atoms with E-state index in [1.165, 1.54) is 5.69 Å². The van der Waals surface area contributed by atoms with E-state index < -0.39 is 0 Å². The van der Waals surface area contributed by atoms with Crippen LogP contribution < -0.4 is 5.32 Å². The third-order valence-corrected chi connectivity index (χ3v) is 2.31. The molecular formula is C10H20N4. The summed E-state index contributed by atoms with van der Waals surface area (Å²) in [4.78, 5) is 2.17. The molecule has 1 atom stereocenters. The van der Waals surface area contributed by atoms with Crippen molar-refractivity contribution < 1.29 is 0 Å². The Morgan fingerprint density at radius 2 is 2.29 bits per heavy atom. The van der Waals surface area contributed by atoms with Crippen LogP contribution in [0.25, 0.3) is 0 Å². The number of hydrogen-bond acceptors (Lipinski definition) is 3. The Bertz CT molecular complexity index is 267. The SMILES string of the molecule is CC(NCCN(C)C)c1ccnn1C. The Hall–Kier alpha value is -0.870. The van der Waals surface area contributed by atoms with E-state index in [2.05, 4.69) is 36.3 Å². The molecule has 1 heterocycles. The van der Waals surface area contributed by atoms with Crippen LogP contribution in [0.3, 0.4) is 0 Å². The molecule has 4 heteroatoms. The number of hydrogen-bond donors (Lipinski definition) is 1. The van der Waals surface area contributed by atoms with Crippen molar-refractivity contribution >= 4 is 0 Å². The second-order valence-corrected chi connectivity index (χ2v) is 3.86. The fourth-order valence-corrected chi connectivity index (χ4v) is 1.42. The van der Waals surface area contributed by atoms with Gasteiger partial charge in [0.2, 0.25) is 0 Å². The van der Waals surface area contributed by atoms with Crippen molar-refractivity contribution in [1.82, 2.24) is 20.0 Å². The van der Waals surface area contributed by atoms with Crippen LogP contribution >= 0.6 is 0 Å². The van der Waals surface area contributed by atoms with Crippen LogP contribution in [0.15, 0.2) is 12.3 Å². The molecule has 0 fully saturated rings. The molecule has 0 radical (unpaired) electrons. The Morgan fingerprint density at radius 3 is 2.79 bits per heavy atom. The van der Waals surface area contributed by atoms with Crippen LogP contribution in [0.2, 0.25) is 0 Å². The molecule has 0 spiro atoms. The minimum absolute atomic E-state index is 0.363. The molecule has 14 heavy (non-hydrogen) atoms. The quantitative estimate of drug-likeness (QED) is 0.750. The Labute approximate surface area is 85.9 Å². The van der Waals surface area contributed by atoms with Crippen molar-refractivity contribution in [3.05, 3.63) is 18.0 Å². The van der Waals surface area contributed by atoms with E-state index in [-0.39, 0.29) is 0 Å². The maximum absolute atomic E-state index is 4.15. The summed E-state index contributed by atoms with van der Waals surface area (Å²) in [6.07, 6.45) is 1.83. The van der Waals surface area contributed by atoms with Crippen molar-refractivity contribution in [2.45, 2.75) is 13.0 Å². The van der Waals surface area contributed by atoms with E-state index in [1.54, 1.807) is 0 Å². The second-order valence-electron chi connectivity index (χ2n) is 3.86. The summed E-state index contributed by atoms with van der Waals surface area (Å²) in [7, 11) is 6.13. The van der Waals surface area contributed by atoms with Crippen molar-refractivity contribution in [2.75, 3.05) is 27.2 Å². The lowest BCUT2D eigenvalue weighted by atomic mass is 10.2. The third kappa shape index (κ3) is 3.12. The van der Waals surface area contributed by atoms with Gasteiger partial charge in [0.05, 0.1) is 5.69 Å². The molecular weight excluding hydrogens is 176 g/mol. The summed E-state index contributed by atoms with van der Waals surface area (Å²) < 4.78 is 1.91. The third-order valence-electron chi connectivity index (χ3n) is 2.31. The largest absolute Gasteiger partial charge is 0.308 e. The number of nitrogens with zero attached hydrogens (tertiary/aromatic N) is 3. The van der Waals surface area contributed by atoms with E-state index in [0.29, 0.717) is 6.04 Å². The average molecular weight is 196 g/mol. The van der Waals surface area contributed by atoms with Crippen LogP contribution in [-0.4, -0.2) is 41.9 Å². The first-order chi connectivity index (χ1) is 6.61. The van der Waals surface area contributed by atoms with Crippen LogP contribution in [-0.2, 0) is 7.05 Å². The molecule has 4 nitrogen and oxygen atoms in total. The molecule has 1 rings (SSSR count). The van der Waals surface area contributed by atoms with Crippen molar-refractivity contribution in [3.8, 4) is 0 Å². The van der Waals surface area contributed by atoms with Gasteiger partial charge in [-0.15, -0.1) is 0 Å². The van der Waals surface area contributed by atoms with Gasteiger partial charge in [0, 0.05) is 32.4 Å². The monoisotopic (exact) mass is 196 g/mol. The minimum atomic E-state index is 0.363. The van der Waals surface area contributed by atoms with Crippen molar-refractivity contribution in [2.24, 2.45) is 7.05 Å². The molecule has 80 valence electrons. The predicted molar refractivity (Wildman–Crippen MR) is 58.2 cm³/mol. The molecule has 0 amide bonds. The Kier molecular flexibility index (Phi) is 4.10. The van der Waals surface area contributed by atoms with Gasteiger partial charge < -0.3 is 10.2 Å². The number of likely N-dealkylation sites (N-methyl/N-ethyl adjacent to an activating group) is 1. The van der Waals surface area contributed by atoms with Crippen LogP contribution in [0.1, 0.15) is 18.7 Å². The summed E-state index contributed by atoms with van der Waals surface area (Å²) in [6, 6.07) is 2.41. The lowest BCUT2D eigenvalue weighted by Gasteiger charge is -2.16. The molecule has 1 N–H and O–H groups in total. The molecule has 1 unspecified atom stereocenters. The maximum Gasteiger partial charge on any atom is 0.0547 e. The first-order valence-electron chi connectivity index (χ1n) is 4.97. The van der Waals surface area contributed by atoms with Crippen LogP contribution in [0.4, 0.5) is 0 Å². The normalized spacial score (nSPS) is 13.5. The summed E-state index contributed by atoms with van der Waals surface area (Å²) in [5.41, 5.74) is 1.23. The van der Waals surface area contributed by atoms with Gasteiger partial charge in [-0.25, -0.2) is 0 Å². The highest BCUT2D eigenvalue weighted by atomic mass is 15.3. The van der Waals surface area contributed by atoms with E-state index in [9.17, 15) is 0 Å². The summed E-state index contributed by atoms with van der Waals surface area (Å²) in [6.45, 7) is 4.22. The Balaban J connectivity index is 2.36. The highest BCUT2D eigenvalue weighted by Gasteiger charge is 2.07. The highest BCUT2D eigenvalue weighted by molar-refractivity contribution is 5.04. The number of nitrogens with one attached hydrogen (secondary N) is 1. The molecule has 0 aromatic carbocycles. The van der Waals surface area contributed by atoms with Gasteiger partial charge in [-0.2, -0.15) is 5.10 Å². The van der Waals surface area contributed by atoms with Gasteiger partial charge in [-0.1, -0.05) is 0 Å². The van der Waals surface area contributed by atoms with Crippen LogP contribution in [0.5, 0.6) is 0 Å². The highest BCUT2D eigenvalue weighted by Crippen LogP contribution is 2.09. The summed E-state index contributed by atoms with van der Waals surface area (Å²) in [5, 5.41) is 7.60. The van der Waals surface area contributed by atoms with Crippen molar-refractivity contribution in [1.29, 1.82) is 0 Å². The minimum Gasteiger partial charge on any atom is -0.308 e. The molecule has 0 saturated heterocycles. The van der Waals surface area contributed by atoms with Gasteiger partial charge in [-0.05, 0) is 27.1 Å². The lowest BCUT2D eigenvalue weighted by molar-refractivity contribution is 0.385. The van der Waals surface area contributed by atoms with Crippen molar-refractivity contribution in [3.63, 3.8) is 0 Å². The molecule has 1 aromatic heterocycles. The van der Waals surface area contributed by atoms with Crippen LogP contribution in [0, 0.1) is 0 Å². The molecule has 0 aliphatic rings. The molecule has 0 bridgehead atoms. The van der Waals surface area contributed by atoms with E-state index in [4.69, 9.17) is 0 Å². The fraction of sp³-hybridized carbons (Fsp3) is 0.700. The average Bonchev–Trinajstić information content (AvgIpc) is 2.50. The van der Waals surface area contributed by atoms with E-state index in [0.717, 1.165) is 13.1 Å². The smallest absolute Gasteiger partial charge is 0.0547 e. The zero-order valence-corrected chi connectivity index (χ0v) is 9.49.